The molecule has 0 saturated carbocycles. The maximum absolute atomic E-state index is 13.2. The highest BCUT2D eigenvalue weighted by Crippen LogP contribution is 2.24. The molecule has 6 nitrogen and oxygen atoms in total. The van der Waals surface area contributed by atoms with Gasteiger partial charge in [-0.05, 0) is 57.1 Å². The Kier molecular flexibility index (Phi) is 7.96. The van der Waals surface area contributed by atoms with Gasteiger partial charge in [-0.25, -0.2) is 0 Å². The molecule has 168 valence electrons. The Balaban J connectivity index is 1.61. The zero-order chi connectivity index (χ0) is 21.6. The zero-order valence-electron chi connectivity index (χ0n) is 17.4. The first-order valence-electron chi connectivity index (χ1n) is 10.5. The first-order valence-corrected chi connectivity index (χ1v) is 10.5. The van der Waals surface area contributed by atoms with Gasteiger partial charge < -0.3 is 24.2 Å². The van der Waals surface area contributed by atoms with Gasteiger partial charge in [0.05, 0.1) is 0 Å². The molecule has 2 fully saturated rings. The van der Waals surface area contributed by atoms with Gasteiger partial charge in [0, 0.05) is 57.5 Å². The van der Waals surface area contributed by atoms with Gasteiger partial charge in [-0.2, -0.15) is 0 Å². The van der Waals surface area contributed by atoms with Crippen molar-refractivity contribution in [3.8, 4) is 5.75 Å². The maximum atomic E-state index is 13.2. The second kappa shape index (κ2) is 10.5. The van der Waals surface area contributed by atoms with Crippen LogP contribution in [0.1, 0.15) is 29.6 Å². The minimum atomic E-state index is -4.75. The molecular formula is C21H30F3N3O3. The molecular weight excluding hydrogens is 399 g/mol. The van der Waals surface area contributed by atoms with E-state index in [1.54, 1.807) is 0 Å². The number of hydrogen-bond donors (Lipinski definition) is 0. The van der Waals surface area contributed by atoms with Crippen molar-refractivity contribution >= 4 is 5.91 Å². The summed E-state index contributed by atoms with van der Waals surface area (Å²) in [5.41, 5.74) is 0.371. The van der Waals surface area contributed by atoms with Crippen LogP contribution in [0.25, 0.3) is 0 Å². The second-order valence-electron chi connectivity index (χ2n) is 7.91. The third-order valence-corrected chi connectivity index (χ3v) is 5.70. The number of likely N-dealkylation sites (N-methyl/N-ethyl adjacent to an activating group) is 1. The Morgan fingerprint density at radius 1 is 1.13 bits per heavy atom. The number of carbonyl (C=O) groups is 1. The second-order valence-corrected chi connectivity index (χ2v) is 7.91. The molecule has 1 amide bonds. The van der Waals surface area contributed by atoms with Gasteiger partial charge in [-0.3, -0.25) is 4.79 Å². The molecule has 0 atom stereocenters. The third kappa shape index (κ3) is 6.85. The molecule has 3 rings (SSSR count). The van der Waals surface area contributed by atoms with E-state index in [-0.39, 0.29) is 17.7 Å². The van der Waals surface area contributed by atoms with Crippen LogP contribution >= 0.6 is 0 Å². The van der Waals surface area contributed by atoms with Gasteiger partial charge in [0.1, 0.15) is 5.75 Å². The molecule has 0 bridgehead atoms. The number of piperazine rings is 1. The number of carbonyl (C=O) groups excluding carboxylic acids is 1. The molecule has 0 unspecified atom stereocenters. The molecule has 0 radical (unpaired) electrons. The summed E-state index contributed by atoms with van der Waals surface area (Å²) in [4.78, 5) is 19.8. The molecule has 1 aromatic rings. The van der Waals surface area contributed by atoms with Gasteiger partial charge in [-0.15, -0.1) is 13.2 Å². The molecule has 2 aliphatic rings. The number of halogens is 3. The van der Waals surface area contributed by atoms with Crippen LogP contribution in [0, 0.1) is 0 Å². The minimum absolute atomic E-state index is 0.0878. The lowest BCUT2D eigenvalue weighted by Crippen LogP contribution is -2.47. The molecule has 0 aliphatic carbocycles. The molecule has 1 aromatic carbocycles. The van der Waals surface area contributed by atoms with Crippen LogP contribution in [-0.2, 0) is 4.74 Å². The highest BCUT2D eigenvalue weighted by molar-refractivity contribution is 5.94. The fourth-order valence-corrected chi connectivity index (χ4v) is 3.95. The first-order chi connectivity index (χ1) is 14.3. The van der Waals surface area contributed by atoms with E-state index in [9.17, 15) is 18.0 Å². The maximum Gasteiger partial charge on any atom is 0.573 e. The highest BCUT2D eigenvalue weighted by atomic mass is 19.4. The lowest BCUT2D eigenvalue weighted by atomic mass is 10.0. The van der Waals surface area contributed by atoms with Crippen molar-refractivity contribution in [1.82, 2.24) is 14.7 Å². The summed E-state index contributed by atoms with van der Waals surface area (Å²) in [6.45, 7) is 6.95. The van der Waals surface area contributed by atoms with Gasteiger partial charge >= 0.3 is 6.36 Å². The van der Waals surface area contributed by atoms with Crippen LogP contribution in [0.3, 0.4) is 0 Å². The Morgan fingerprint density at radius 3 is 2.37 bits per heavy atom. The topological polar surface area (TPSA) is 45.2 Å². The highest BCUT2D eigenvalue weighted by Gasteiger charge is 2.31. The number of amides is 1. The monoisotopic (exact) mass is 429 g/mol. The summed E-state index contributed by atoms with van der Waals surface area (Å²) in [7, 11) is 2.12. The van der Waals surface area contributed by atoms with Gasteiger partial charge in [0.2, 0.25) is 0 Å². The zero-order valence-corrected chi connectivity index (χ0v) is 17.4. The molecule has 30 heavy (non-hydrogen) atoms. The molecule has 2 heterocycles. The lowest BCUT2D eigenvalue weighted by molar-refractivity contribution is -0.274. The van der Waals surface area contributed by atoms with Gasteiger partial charge in [-0.1, -0.05) is 0 Å². The number of alkyl halides is 3. The van der Waals surface area contributed by atoms with Crippen molar-refractivity contribution in [1.29, 1.82) is 0 Å². The van der Waals surface area contributed by atoms with E-state index in [0.29, 0.717) is 25.3 Å². The molecule has 2 aliphatic heterocycles. The van der Waals surface area contributed by atoms with E-state index < -0.39 is 6.36 Å². The Hall–Kier alpha value is -1.84. The quantitative estimate of drug-likeness (QED) is 0.667. The van der Waals surface area contributed by atoms with Gasteiger partial charge in [0.15, 0.2) is 0 Å². The van der Waals surface area contributed by atoms with Gasteiger partial charge in [0.25, 0.3) is 5.91 Å². The normalized spacial score (nSPS) is 19.6. The summed E-state index contributed by atoms with van der Waals surface area (Å²) < 4.78 is 46.4. The average molecular weight is 429 g/mol. The number of nitrogens with zero attached hydrogens (tertiary/aromatic N) is 3. The Labute approximate surface area is 175 Å². The minimum Gasteiger partial charge on any atom is -0.406 e. The third-order valence-electron chi connectivity index (χ3n) is 5.70. The van der Waals surface area contributed by atoms with Crippen LogP contribution in [0.2, 0.25) is 0 Å². The van der Waals surface area contributed by atoms with Crippen LogP contribution in [0.4, 0.5) is 13.2 Å². The summed E-state index contributed by atoms with van der Waals surface area (Å²) in [5.74, 6) is -0.481. The Bertz CT molecular complexity index is 670. The fourth-order valence-electron chi connectivity index (χ4n) is 3.95. The van der Waals surface area contributed by atoms with E-state index in [4.69, 9.17) is 4.74 Å². The average Bonchev–Trinajstić information content (AvgIpc) is 2.72. The smallest absolute Gasteiger partial charge is 0.406 e. The molecule has 0 N–H and O–H groups in total. The van der Waals surface area contributed by atoms with Crippen molar-refractivity contribution in [3.63, 3.8) is 0 Å². The van der Waals surface area contributed by atoms with E-state index in [1.807, 2.05) is 4.90 Å². The summed E-state index contributed by atoms with van der Waals surface area (Å²) >= 11 is 0. The van der Waals surface area contributed by atoms with E-state index >= 15 is 0 Å². The molecule has 0 aromatic heterocycles. The number of rotatable bonds is 7. The lowest BCUT2D eigenvalue weighted by Gasteiger charge is -2.36. The van der Waals surface area contributed by atoms with Crippen molar-refractivity contribution in [2.45, 2.75) is 31.7 Å². The molecule has 0 spiro atoms. The summed E-state index contributed by atoms with van der Waals surface area (Å²) in [6.07, 6.45) is -2.34. The van der Waals surface area contributed by atoms with Crippen molar-refractivity contribution < 1.29 is 27.4 Å². The predicted molar refractivity (Wildman–Crippen MR) is 107 cm³/mol. The summed E-state index contributed by atoms with van der Waals surface area (Å²) in [5, 5.41) is 0. The van der Waals surface area contributed by atoms with E-state index in [2.05, 4.69) is 21.6 Å². The number of benzene rings is 1. The first kappa shape index (κ1) is 22.8. The largest absolute Gasteiger partial charge is 0.573 e. The van der Waals surface area contributed by atoms with Crippen LogP contribution < -0.4 is 4.74 Å². The Morgan fingerprint density at radius 2 is 1.77 bits per heavy atom. The van der Waals surface area contributed by atoms with Crippen LogP contribution in [0.15, 0.2) is 24.3 Å². The van der Waals surface area contributed by atoms with Crippen molar-refractivity contribution in [2.24, 2.45) is 0 Å². The van der Waals surface area contributed by atoms with E-state index in [1.165, 1.54) is 24.3 Å². The van der Waals surface area contributed by atoms with Crippen molar-refractivity contribution in [2.75, 3.05) is 59.5 Å². The molecule has 2 saturated heterocycles. The number of hydrogen-bond acceptors (Lipinski definition) is 5. The SMILES string of the molecule is CN1CCN(CCCN(C(=O)c2ccc(OC(F)(F)F)cc2)C2CCOCC2)CC1. The standard InChI is InChI=1S/C21H30F3N3O3/c1-25-11-13-26(14-12-25)9-2-10-27(18-7-15-29-16-8-18)20(28)17-3-5-19(6-4-17)30-21(22,23)24/h3-6,18H,2,7-16H2,1H3. The summed E-state index contributed by atoms with van der Waals surface area (Å²) in [6, 6.07) is 5.26. The number of ether oxygens (including phenoxy) is 2. The van der Waals surface area contributed by atoms with Crippen molar-refractivity contribution in [3.05, 3.63) is 29.8 Å². The van der Waals surface area contributed by atoms with E-state index in [0.717, 1.165) is 52.0 Å². The van der Waals surface area contributed by atoms with Crippen LogP contribution in [-0.4, -0.2) is 92.5 Å². The fraction of sp³-hybridized carbons (Fsp3) is 0.667. The molecule has 9 heteroatoms. The van der Waals surface area contributed by atoms with Crippen LogP contribution in [0.5, 0.6) is 5.75 Å². The predicted octanol–water partition coefficient (Wildman–Crippen LogP) is 2.84.